The van der Waals surface area contributed by atoms with E-state index < -0.39 is 17.8 Å². The Morgan fingerprint density at radius 2 is 1.71 bits per heavy atom. The zero-order chi connectivity index (χ0) is 24.2. The van der Waals surface area contributed by atoms with E-state index in [4.69, 9.17) is 16.3 Å². The number of hydrogen-bond acceptors (Lipinski definition) is 6. The fraction of sp³-hybridized carbons (Fsp3) is 0.280. The summed E-state index contributed by atoms with van der Waals surface area (Å²) in [5.41, 5.74) is 1.26. The predicted molar refractivity (Wildman–Crippen MR) is 128 cm³/mol. The largest absolute Gasteiger partial charge is 0.462 e. The zero-order valence-electron chi connectivity index (χ0n) is 18.7. The summed E-state index contributed by atoms with van der Waals surface area (Å²) in [5, 5.41) is 2.62. The highest BCUT2D eigenvalue weighted by molar-refractivity contribution is 6.53. The number of carbonyl (C=O) groups excluding carboxylic acids is 4. The molecule has 0 aliphatic carbocycles. The molecule has 0 spiro atoms. The van der Waals surface area contributed by atoms with E-state index in [0.29, 0.717) is 17.7 Å². The Bertz CT molecular complexity index is 1190. The molecule has 0 aromatic heterocycles. The number of nitrogens with one attached hydrogen (secondary N) is 1. The maximum atomic E-state index is 13.1. The highest BCUT2D eigenvalue weighted by Crippen LogP contribution is 2.31. The highest BCUT2D eigenvalue weighted by atomic mass is 35.5. The SMILES string of the molecule is CCCOC(=O)c1cccc(N2C(=O)C(Cl)=C(Nc3cccc(C(=O)N4CCCC4)c3)C2=O)c1. The first-order chi connectivity index (χ1) is 16.4. The molecule has 1 saturated heterocycles. The number of esters is 1. The number of halogens is 1. The van der Waals surface area contributed by atoms with Gasteiger partial charge in [0, 0.05) is 24.3 Å². The van der Waals surface area contributed by atoms with E-state index in [0.717, 1.165) is 30.8 Å². The van der Waals surface area contributed by atoms with Gasteiger partial charge in [0.1, 0.15) is 10.7 Å². The van der Waals surface area contributed by atoms with Gasteiger partial charge in [-0.1, -0.05) is 30.7 Å². The Kier molecular flexibility index (Phi) is 6.98. The van der Waals surface area contributed by atoms with Gasteiger partial charge in [0.15, 0.2) is 0 Å². The van der Waals surface area contributed by atoms with Crippen LogP contribution in [0.4, 0.5) is 11.4 Å². The molecule has 0 unspecified atom stereocenters. The minimum Gasteiger partial charge on any atom is -0.462 e. The molecule has 4 rings (SSSR count). The highest BCUT2D eigenvalue weighted by Gasteiger charge is 2.39. The molecular weight excluding hydrogens is 458 g/mol. The average molecular weight is 482 g/mol. The Morgan fingerprint density at radius 3 is 2.44 bits per heavy atom. The van der Waals surface area contributed by atoms with Gasteiger partial charge in [-0.25, -0.2) is 9.69 Å². The third-order valence-corrected chi connectivity index (χ3v) is 5.93. The number of carbonyl (C=O) groups is 4. The van der Waals surface area contributed by atoms with Crippen LogP contribution in [0.1, 0.15) is 46.9 Å². The molecule has 0 bridgehead atoms. The quantitative estimate of drug-likeness (QED) is 0.475. The lowest BCUT2D eigenvalue weighted by Gasteiger charge is -2.17. The van der Waals surface area contributed by atoms with E-state index in [1.807, 2.05) is 6.92 Å². The smallest absolute Gasteiger partial charge is 0.338 e. The van der Waals surface area contributed by atoms with Gasteiger partial charge in [0.2, 0.25) is 0 Å². The summed E-state index contributed by atoms with van der Waals surface area (Å²) in [7, 11) is 0. The molecule has 0 atom stereocenters. The van der Waals surface area contributed by atoms with Crippen LogP contribution >= 0.6 is 11.6 Å². The molecular formula is C25H24ClN3O5. The van der Waals surface area contributed by atoms with Crippen molar-refractivity contribution in [3.63, 3.8) is 0 Å². The normalized spacial score (nSPS) is 15.8. The Labute approximate surface area is 202 Å². The zero-order valence-corrected chi connectivity index (χ0v) is 19.4. The van der Waals surface area contributed by atoms with Crippen molar-refractivity contribution in [2.75, 3.05) is 29.9 Å². The van der Waals surface area contributed by atoms with Crippen molar-refractivity contribution in [2.45, 2.75) is 26.2 Å². The van der Waals surface area contributed by atoms with Crippen molar-refractivity contribution < 1.29 is 23.9 Å². The molecule has 2 aromatic carbocycles. The van der Waals surface area contributed by atoms with Crippen LogP contribution in [-0.2, 0) is 14.3 Å². The van der Waals surface area contributed by atoms with E-state index in [1.165, 1.54) is 12.1 Å². The van der Waals surface area contributed by atoms with Gasteiger partial charge in [-0.15, -0.1) is 0 Å². The molecule has 8 nitrogen and oxygen atoms in total. The summed E-state index contributed by atoms with van der Waals surface area (Å²) in [6.45, 7) is 3.60. The second-order valence-corrected chi connectivity index (χ2v) is 8.40. The number of ether oxygens (including phenoxy) is 1. The van der Waals surface area contributed by atoms with E-state index in [9.17, 15) is 19.2 Å². The van der Waals surface area contributed by atoms with E-state index in [-0.39, 0.29) is 34.5 Å². The fourth-order valence-electron chi connectivity index (χ4n) is 3.87. The first-order valence-corrected chi connectivity index (χ1v) is 11.5. The van der Waals surface area contributed by atoms with Crippen LogP contribution in [-0.4, -0.2) is 48.3 Å². The molecule has 2 aromatic rings. The number of hydrogen-bond donors (Lipinski definition) is 1. The second kappa shape index (κ2) is 10.1. The van der Waals surface area contributed by atoms with Crippen LogP contribution in [0.3, 0.4) is 0 Å². The first kappa shape index (κ1) is 23.5. The van der Waals surface area contributed by atoms with Gasteiger partial charge < -0.3 is 15.0 Å². The lowest BCUT2D eigenvalue weighted by molar-refractivity contribution is -0.120. The summed E-state index contributed by atoms with van der Waals surface area (Å²) >= 11 is 6.23. The van der Waals surface area contributed by atoms with Crippen molar-refractivity contribution in [1.82, 2.24) is 4.90 Å². The number of amides is 3. The van der Waals surface area contributed by atoms with Crippen LogP contribution in [0.2, 0.25) is 0 Å². The number of nitrogens with zero attached hydrogens (tertiary/aromatic N) is 2. The lowest BCUT2D eigenvalue weighted by atomic mass is 10.1. The van der Waals surface area contributed by atoms with E-state index >= 15 is 0 Å². The van der Waals surface area contributed by atoms with Crippen molar-refractivity contribution in [3.8, 4) is 0 Å². The maximum Gasteiger partial charge on any atom is 0.338 e. The summed E-state index contributed by atoms with van der Waals surface area (Å²) < 4.78 is 5.13. The van der Waals surface area contributed by atoms with Crippen LogP contribution in [0.15, 0.2) is 59.3 Å². The maximum absolute atomic E-state index is 13.1. The van der Waals surface area contributed by atoms with Gasteiger partial charge in [-0.3, -0.25) is 14.4 Å². The number of benzene rings is 2. The third-order valence-electron chi connectivity index (χ3n) is 5.58. The molecule has 1 fully saturated rings. The summed E-state index contributed by atoms with van der Waals surface area (Å²) in [6.07, 6.45) is 2.64. The summed E-state index contributed by atoms with van der Waals surface area (Å²) in [4.78, 5) is 53.5. The molecule has 3 amide bonds. The monoisotopic (exact) mass is 481 g/mol. The van der Waals surface area contributed by atoms with E-state index in [1.54, 1.807) is 41.3 Å². The third kappa shape index (κ3) is 4.68. The van der Waals surface area contributed by atoms with Crippen molar-refractivity contribution in [2.24, 2.45) is 0 Å². The molecule has 176 valence electrons. The number of rotatable bonds is 7. The molecule has 2 aliphatic rings. The number of imide groups is 1. The average Bonchev–Trinajstić information content (AvgIpc) is 3.46. The minimum atomic E-state index is -0.711. The van der Waals surface area contributed by atoms with Crippen LogP contribution in [0.5, 0.6) is 0 Å². The fourth-order valence-corrected chi connectivity index (χ4v) is 4.09. The van der Waals surface area contributed by atoms with Crippen LogP contribution in [0.25, 0.3) is 0 Å². The number of anilines is 2. The first-order valence-electron chi connectivity index (χ1n) is 11.1. The van der Waals surface area contributed by atoms with Crippen molar-refractivity contribution >= 4 is 46.7 Å². The van der Waals surface area contributed by atoms with E-state index in [2.05, 4.69) is 5.32 Å². The van der Waals surface area contributed by atoms with Crippen LogP contribution in [0, 0.1) is 0 Å². The van der Waals surface area contributed by atoms with Crippen LogP contribution < -0.4 is 10.2 Å². The topological polar surface area (TPSA) is 96.0 Å². The number of likely N-dealkylation sites (tertiary alicyclic amines) is 1. The molecule has 1 N–H and O–H groups in total. The molecule has 9 heteroatoms. The van der Waals surface area contributed by atoms with Gasteiger partial charge in [0.25, 0.3) is 17.7 Å². The van der Waals surface area contributed by atoms with Gasteiger partial charge in [0.05, 0.1) is 17.9 Å². The Hall–Kier alpha value is -3.65. The minimum absolute atomic E-state index is 0.0801. The molecule has 0 saturated carbocycles. The molecule has 0 radical (unpaired) electrons. The Balaban J connectivity index is 1.54. The predicted octanol–water partition coefficient (Wildman–Crippen LogP) is 3.93. The molecule has 2 heterocycles. The summed E-state index contributed by atoms with van der Waals surface area (Å²) in [5.74, 6) is -1.99. The van der Waals surface area contributed by atoms with Gasteiger partial charge >= 0.3 is 5.97 Å². The lowest BCUT2D eigenvalue weighted by Crippen LogP contribution is -2.32. The second-order valence-electron chi connectivity index (χ2n) is 8.03. The Morgan fingerprint density at radius 1 is 1.00 bits per heavy atom. The molecule has 2 aliphatic heterocycles. The van der Waals surface area contributed by atoms with Gasteiger partial charge in [-0.2, -0.15) is 0 Å². The standard InChI is InChI=1S/C25H24ClN3O5/c1-2-13-34-25(33)17-8-6-10-19(15-17)29-23(31)20(26)21(24(29)32)27-18-9-5-7-16(14-18)22(30)28-11-3-4-12-28/h5-10,14-15,27H,2-4,11-13H2,1H3. The molecule has 34 heavy (non-hydrogen) atoms. The van der Waals surface area contributed by atoms with Gasteiger partial charge in [-0.05, 0) is 55.7 Å². The summed E-state index contributed by atoms with van der Waals surface area (Å²) in [6, 6.07) is 12.8. The van der Waals surface area contributed by atoms with Crippen molar-refractivity contribution in [1.29, 1.82) is 0 Å². The van der Waals surface area contributed by atoms with Crippen molar-refractivity contribution in [3.05, 3.63) is 70.4 Å².